The third kappa shape index (κ3) is 4.82. The first-order valence-electron chi connectivity index (χ1n) is 9.61. The molecule has 3 rings (SSSR count). The maximum absolute atomic E-state index is 12.9. The van der Waals surface area contributed by atoms with Gasteiger partial charge in [-0.05, 0) is 32.9 Å². The summed E-state index contributed by atoms with van der Waals surface area (Å²) in [5.41, 5.74) is 1.22. The third-order valence-corrected chi connectivity index (χ3v) is 4.21. The number of hydrogen-bond donors (Lipinski definition) is 1. The van der Waals surface area contributed by atoms with Crippen LogP contribution in [0.3, 0.4) is 0 Å². The smallest absolute Gasteiger partial charge is 0.321 e. The van der Waals surface area contributed by atoms with E-state index >= 15 is 0 Å². The Bertz CT molecular complexity index is 1040. The topological polar surface area (TPSA) is 123 Å². The van der Waals surface area contributed by atoms with E-state index < -0.39 is 5.91 Å². The maximum atomic E-state index is 12.9. The Morgan fingerprint density at radius 2 is 1.84 bits per heavy atom. The van der Waals surface area contributed by atoms with E-state index in [1.54, 1.807) is 39.3 Å². The zero-order chi connectivity index (χ0) is 22.4. The van der Waals surface area contributed by atoms with Crippen LogP contribution in [0.1, 0.15) is 30.0 Å². The molecule has 0 aliphatic heterocycles. The molecule has 11 heteroatoms. The van der Waals surface area contributed by atoms with Gasteiger partial charge in [-0.15, -0.1) is 5.10 Å². The van der Waals surface area contributed by atoms with E-state index in [1.165, 1.54) is 10.7 Å². The Balaban J connectivity index is 1.91. The van der Waals surface area contributed by atoms with Crippen molar-refractivity contribution in [3.8, 4) is 29.1 Å². The molecular weight excluding hydrogens is 404 g/mol. The number of benzene rings is 1. The molecule has 0 fully saturated rings. The predicted octanol–water partition coefficient (Wildman–Crippen LogP) is 2.43. The zero-order valence-electron chi connectivity index (χ0n) is 18.0. The van der Waals surface area contributed by atoms with Crippen LogP contribution in [0.25, 0.3) is 5.69 Å². The van der Waals surface area contributed by atoms with E-state index in [1.807, 2.05) is 13.8 Å². The highest BCUT2D eigenvalue weighted by molar-refractivity contribution is 6.03. The lowest BCUT2D eigenvalue weighted by Crippen LogP contribution is -2.16. The van der Waals surface area contributed by atoms with Crippen LogP contribution in [0.5, 0.6) is 23.4 Å². The molecule has 0 atom stereocenters. The molecule has 1 N–H and O–H groups in total. The highest BCUT2D eigenvalue weighted by Crippen LogP contribution is 2.28. The van der Waals surface area contributed by atoms with Crippen LogP contribution in [-0.4, -0.2) is 58.3 Å². The van der Waals surface area contributed by atoms with Crippen LogP contribution in [0.4, 0.5) is 5.82 Å². The van der Waals surface area contributed by atoms with Gasteiger partial charge < -0.3 is 24.3 Å². The molecule has 11 nitrogen and oxygen atoms in total. The predicted molar refractivity (Wildman–Crippen MR) is 112 cm³/mol. The van der Waals surface area contributed by atoms with E-state index in [0.29, 0.717) is 36.1 Å². The van der Waals surface area contributed by atoms with Crippen LogP contribution in [0.15, 0.2) is 24.3 Å². The van der Waals surface area contributed by atoms with Crippen LogP contribution >= 0.6 is 0 Å². The Labute approximate surface area is 179 Å². The van der Waals surface area contributed by atoms with E-state index in [9.17, 15) is 4.79 Å². The first-order valence-corrected chi connectivity index (χ1v) is 9.61. The van der Waals surface area contributed by atoms with Crippen molar-refractivity contribution in [3.63, 3.8) is 0 Å². The van der Waals surface area contributed by atoms with Crippen LogP contribution in [0.2, 0.25) is 0 Å². The molecule has 0 saturated heterocycles. The zero-order valence-corrected chi connectivity index (χ0v) is 18.0. The number of carbonyl (C=O) groups is 1. The van der Waals surface area contributed by atoms with Gasteiger partial charge in [0.15, 0.2) is 5.69 Å². The van der Waals surface area contributed by atoms with Crippen molar-refractivity contribution in [1.82, 2.24) is 25.0 Å². The number of carbonyl (C=O) groups excluding carboxylic acids is 1. The van der Waals surface area contributed by atoms with Crippen LogP contribution in [-0.2, 0) is 0 Å². The summed E-state index contributed by atoms with van der Waals surface area (Å²) < 4.78 is 22.9. The number of rotatable bonds is 9. The van der Waals surface area contributed by atoms with E-state index in [0.717, 1.165) is 0 Å². The lowest BCUT2D eigenvalue weighted by atomic mass is 10.2. The van der Waals surface area contributed by atoms with E-state index in [2.05, 4.69) is 25.6 Å². The van der Waals surface area contributed by atoms with Crippen molar-refractivity contribution in [1.29, 1.82) is 0 Å². The van der Waals surface area contributed by atoms with Crippen molar-refractivity contribution < 1.29 is 23.7 Å². The summed E-state index contributed by atoms with van der Waals surface area (Å²) in [6.45, 7) is 6.15. The molecule has 31 heavy (non-hydrogen) atoms. The van der Waals surface area contributed by atoms with Gasteiger partial charge in [-0.2, -0.15) is 9.97 Å². The number of ether oxygens (including phenoxy) is 4. The Morgan fingerprint density at radius 1 is 1.06 bits per heavy atom. The van der Waals surface area contributed by atoms with E-state index in [4.69, 9.17) is 18.9 Å². The molecule has 3 aromatic rings. The van der Waals surface area contributed by atoms with Gasteiger partial charge in [0.1, 0.15) is 23.0 Å². The molecule has 0 aliphatic rings. The van der Waals surface area contributed by atoms with Gasteiger partial charge in [0.2, 0.25) is 5.88 Å². The SMILES string of the molecule is CCOc1cc(NC(=O)c2nnn(-c3cc(OC)ccc3OC)c2C)nc(OCC)n1. The molecule has 0 aliphatic carbocycles. The minimum atomic E-state index is -0.491. The fraction of sp³-hybridized carbons (Fsp3) is 0.350. The monoisotopic (exact) mass is 428 g/mol. The summed E-state index contributed by atoms with van der Waals surface area (Å²) >= 11 is 0. The summed E-state index contributed by atoms with van der Waals surface area (Å²) in [4.78, 5) is 21.2. The summed E-state index contributed by atoms with van der Waals surface area (Å²) in [5, 5.41) is 10.8. The molecule has 2 aromatic heterocycles. The van der Waals surface area contributed by atoms with Gasteiger partial charge in [0.05, 0.1) is 33.1 Å². The lowest BCUT2D eigenvalue weighted by Gasteiger charge is -2.11. The first-order chi connectivity index (χ1) is 15.0. The van der Waals surface area contributed by atoms with Crippen molar-refractivity contribution in [3.05, 3.63) is 35.7 Å². The molecule has 1 amide bonds. The number of aromatic nitrogens is 5. The third-order valence-electron chi connectivity index (χ3n) is 4.21. The maximum Gasteiger partial charge on any atom is 0.321 e. The second-order valence-corrected chi connectivity index (χ2v) is 6.17. The highest BCUT2D eigenvalue weighted by Gasteiger charge is 2.21. The summed E-state index contributed by atoms with van der Waals surface area (Å²) in [6.07, 6.45) is 0. The molecule has 1 aromatic carbocycles. The van der Waals surface area contributed by atoms with Gasteiger partial charge in [0, 0.05) is 12.1 Å². The molecule has 0 spiro atoms. The minimum Gasteiger partial charge on any atom is -0.497 e. The van der Waals surface area contributed by atoms with Crippen LogP contribution < -0.4 is 24.3 Å². The van der Waals surface area contributed by atoms with Gasteiger partial charge in [-0.3, -0.25) is 4.79 Å². The Kier molecular flexibility index (Phi) is 6.85. The fourth-order valence-corrected chi connectivity index (χ4v) is 2.79. The normalized spacial score (nSPS) is 10.5. The van der Waals surface area contributed by atoms with Gasteiger partial charge in [-0.25, -0.2) is 4.68 Å². The summed E-state index contributed by atoms with van der Waals surface area (Å²) in [5.74, 6) is 1.19. The van der Waals surface area contributed by atoms with Gasteiger partial charge >= 0.3 is 6.01 Å². The number of methoxy groups -OCH3 is 2. The van der Waals surface area contributed by atoms with Crippen molar-refractivity contribution >= 4 is 11.7 Å². The Morgan fingerprint density at radius 3 is 2.52 bits per heavy atom. The van der Waals surface area contributed by atoms with Gasteiger partial charge in [-0.1, -0.05) is 5.21 Å². The Hall–Kier alpha value is -3.89. The number of hydrogen-bond acceptors (Lipinski definition) is 9. The standard InChI is InChI=1S/C20H24N6O5/c1-6-30-17-11-16(22-20(23-17)31-7-2)21-19(27)18-12(3)26(25-24-18)14-10-13(28-4)8-9-15(14)29-5/h8-11H,6-7H2,1-5H3,(H,21,22,23,27). The summed E-state index contributed by atoms with van der Waals surface area (Å²) in [7, 11) is 3.11. The number of nitrogens with one attached hydrogen (secondary N) is 1. The molecule has 0 radical (unpaired) electrons. The first kappa shape index (κ1) is 21.8. The number of amides is 1. The summed E-state index contributed by atoms with van der Waals surface area (Å²) in [6, 6.07) is 6.87. The average molecular weight is 428 g/mol. The highest BCUT2D eigenvalue weighted by atomic mass is 16.5. The van der Waals surface area contributed by atoms with Crippen molar-refractivity contribution in [2.45, 2.75) is 20.8 Å². The van der Waals surface area contributed by atoms with Crippen molar-refractivity contribution in [2.24, 2.45) is 0 Å². The number of anilines is 1. The van der Waals surface area contributed by atoms with E-state index in [-0.39, 0.29) is 23.4 Å². The minimum absolute atomic E-state index is 0.102. The second-order valence-electron chi connectivity index (χ2n) is 6.17. The van der Waals surface area contributed by atoms with Gasteiger partial charge in [0.25, 0.3) is 5.91 Å². The molecule has 164 valence electrons. The van der Waals surface area contributed by atoms with Crippen LogP contribution in [0, 0.1) is 6.92 Å². The average Bonchev–Trinajstić information content (AvgIpc) is 3.14. The molecule has 2 heterocycles. The largest absolute Gasteiger partial charge is 0.497 e. The quantitative estimate of drug-likeness (QED) is 0.547. The van der Waals surface area contributed by atoms with Crippen molar-refractivity contribution in [2.75, 3.05) is 32.8 Å². The second kappa shape index (κ2) is 9.74. The molecule has 0 saturated carbocycles. The molecule has 0 unspecified atom stereocenters. The fourth-order valence-electron chi connectivity index (χ4n) is 2.79. The molecule has 0 bridgehead atoms. The molecular formula is C20H24N6O5. The lowest BCUT2D eigenvalue weighted by molar-refractivity contribution is 0.102. The number of nitrogens with zero attached hydrogens (tertiary/aromatic N) is 5.